The highest BCUT2D eigenvalue weighted by Crippen LogP contribution is 2.02. The van der Waals surface area contributed by atoms with Crippen LogP contribution in [0.4, 0.5) is 0 Å². The van der Waals surface area contributed by atoms with Crippen LogP contribution < -0.4 is 5.73 Å². The minimum atomic E-state index is 0.538. The van der Waals surface area contributed by atoms with Crippen molar-refractivity contribution in [2.24, 2.45) is 5.73 Å². The lowest BCUT2D eigenvalue weighted by molar-refractivity contribution is 0.512. The number of aryl methyl sites for hydroxylation is 1. The van der Waals surface area contributed by atoms with Crippen molar-refractivity contribution >= 4 is 17.2 Å². The summed E-state index contributed by atoms with van der Waals surface area (Å²) in [6.07, 6.45) is 3.18. The first kappa shape index (κ1) is 7.28. The van der Waals surface area contributed by atoms with Crippen LogP contribution in [0.3, 0.4) is 0 Å². The Hall–Kier alpha value is -0.830. The molecule has 0 unspecified atom stereocenters. The number of thiocarbonyl (C=S) groups is 1. The number of nitrogens with two attached hydrogens (primary N) is 1. The lowest BCUT2D eigenvalue weighted by Crippen LogP contribution is -2.08. The molecule has 10 heavy (non-hydrogen) atoms. The average molecular weight is 155 g/mol. The second-order valence-electron chi connectivity index (χ2n) is 2.05. The maximum absolute atomic E-state index is 5.30. The third kappa shape index (κ3) is 2.19. The highest BCUT2D eigenvalue weighted by molar-refractivity contribution is 7.80. The molecule has 0 aliphatic heterocycles. The first-order chi connectivity index (χ1) is 4.79. The molecule has 0 spiro atoms. The van der Waals surface area contributed by atoms with E-state index in [1.54, 1.807) is 6.26 Å². The van der Waals surface area contributed by atoms with Crippen molar-refractivity contribution in [3.8, 4) is 0 Å². The van der Waals surface area contributed by atoms with E-state index < -0.39 is 0 Å². The summed E-state index contributed by atoms with van der Waals surface area (Å²) in [5.74, 6) is 0.938. The fourth-order valence-electron chi connectivity index (χ4n) is 0.701. The monoisotopic (exact) mass is 155 g/mol. The van der Waals surface area contributed by atoms with Crippen LogP contribution in [0.5, 0.6) is 0 Å². The molecule has 0 radical (unpaired) electrons. The normalized spacial score (nSPS) is 9.60. The largest absolute Gasteiger partial charge is 0.469 e. The first-order valence-corrected chi connectivity index (χ1v) is 3.50. The van der Waals surface area contributed by atoms with E-state index in [2.05, 4.69) is 0 Å². The lowest BCUT2D eigenvalue weighted by atomic mass is 10.2. The smallest absolute Gasteiger partial charge is 0.104 e. The topological polar surface area (TPSA) is 39.2 Å². The Bertz CT molecular complexity index is 205. The van der Waals surface area contributed by atoms with Crippen molar-refractivity contribution in [2.45, 2.75) is 12.8 Å². The van der Waals surface area contributed by atoms with E-state index in [0.29, 0.717) is 4.99 Å². The predicted octanol–water partition coefficient (Wildman–Crippen LogP) is 1.50. The van der Waals surface area contributed by atoms with Gasteiger partial charge in [0.25, 0.3) is 0 Å². The highest BCUT2D eigenvalue weighted by atomic mass is 32.1. The molecule has 3 heteroatoms. The Morgan fingerprint density at radius 3 is 3.00 bits per heavy atom. The SMILES string of the molecule is NC(=S)CCc1ccco1. The van der Waals surface area contributed by atoms with Crippen LogP contribution in [0.25, 0.3) is 0 Å². The quantitative estimate of drug-likeness (QED) is 0.672. The molecule has 1 heterocycles. The van der Waals surface area contributed by atoms with Gasteiger partial charge in [0, 0.05) is 12.8 Å². The third-order valence-electron chi connectivity index (χ3n) is 1.20. The Kier molecular flexibility index (Phi) is 2.45. The maximum atomic E-state index is 5.30. The molecule has 0 aromatic carbocycles. The van der Waals surface area contributed by atoms with E-state index >= 15 is 0 Å². The predicted molar refractivity (Wildman–Crippen MR) is 43.8 cm³/mol. The van der Waals surface area contributed by atoms with Gasteiger partial charge in [0.05, 0.1) is 11.3 Å². The molecule has 0 aliphatic carbocycles. The third-order valence-corrected chi connectivity index (χ3v) is 1.40. The molecule has 1 aromatic rings. The number of hydrogen-bond donors (Lipinski definition) is 1. The molecule has 0 fully saturated rings. The average Bonchev–Trinajstić information content (AvgIpc) is 2.34. The summed E-state index contributed by atoms with van der Waals surface area (Å²) in [5, 5.41) is 0. The van der Waals surface area contributed by atoms with E-state index in [1.165, 1.54) is 0 Å². The molecule has 1 rings (SSSR count). The fourth-order valence-corrected chi connectivity index (χ4v) is 0.803. The minimum absolute atomic E-state index is 0.538. The van der Waals surface area contributed by atoms with E-state index in [4.69, 9.17) is 22.4 Å². The molecule has 0 saturated carbocycles. The van der Waals surface area contributed by atoms with E-state index in [-0.39, 0.29) is 0 Å². The van der Waals surface area contributed by atoms with Gasteiger partial charge in [0.15, 0.2) is 0 Å². The van der Waals surface area contributed by atoms with Gasteiger partial charge in [-0.2, -0.15) is 0 Å². The Balaban J connectivity index is 2.35. The summed E-state index contributed by atoms with van der Waals surface area (Å²) in [7, 11) is 0. The summed E-state index contributed by atoms with van der Waals surface area (Å²) in [4.78, 5) is 0.538. The standard InChI is InChI=1S/C7H9NOS/c8-7(10)4-3-6-2-1-5-9-6/h1-2,5H,3-4H2,(H2,8,10). The van der Waals surface area contributed by atoms with Gasteiger partial charge in [-0.05, 0) is 12.1 Å². The summed E-state index contributed by atoms with van der Waals surface area (Å²) >= 11 is 4.70. The van der Waals surface area contributed by atoms with E-state index in [1.807, 2.05) is 12.1 Å². The molecule has 2 N–H and O–H groups in total. The van der Waals surface area contributed by atoms with Crippen LogP contribution in [0, 0.1) is 0 Å². The summed E-state index contributed by atoms with van der Waals surface area (Å²) < 4.78 is 5.07. The van der Waals surface area contributed by atoms with E-state index in [9.17, 15) is 0 Å². The second-order valence-corrected chi connectivity index (χ2v) is 2.57. The van der Waals surface area contributed by atoms with Crippen molar-refractivity contribution in [1.82, 2.24) is 0 Å². The Labute approximate surface area is 65.0 Å². The van der Waals surface area contributed by atoms with Crippen LogP contribution in [-0.2, 0) is 6.42 Å². The van der Waals surface area contributed by atoms with E-state index in [0.717, 1.165) is 18.6 Å². The van der Waals surface area contributed by atoms with Crippen molar-refractivity contribution in [2.75, 3.05) is 0 Å². The van der Waals surface area contributed by atoms with Gasteiger partial charge in [-0.15, -0.1) is 0 Å². The first-order valence-electron chi connectivity index (χ1n) is 3.10. The molecule has 54 valence electrons. The van der Waals surface area contributed by atoms with Gasteiger partial charge in [0.1, 0.15) is 5.76 Å². The number of furan rings is 1. The minimum Gasteiger partial charge on any atom is -0.469 e. The van der Waals surface area contributed by atoms with Gasteiger partial charge in [-0.1, -0.05) is 12.2 Å². The van der Waals surface area contributed by atoms with Crippen molar-refractivity contribution in [3.05, 3.63) is 24.2 Å². The molecular weight excluding hydrogens is 146 g/mol. The molecule has 2 nitrogen and oxygen atoms in total. The molecule has 1 aromatic heterocycles. The molecule has 0 amide bonds. The second kappa shape index (κ2) is 3.37. The Morgan fingerprint density at radius 2 is 2.50 bits per heavy atom. The van der Waals surface area contributed by atoms with Crippen LogP contribution in [0.15, 0.2) is 22.8 Å². The van der Waals surface area contributed by atoms with Gasteiger partial charge < -0.3 is 10.2 Å². The zero-order valence-corrected chi connectivity index (χ0v) is 6.36. The van der Waals surface area contributed by atoms with Crippen molar-refractivity contribution in [3.63, 3.8) is 0 Å². The number of hydrogen-bond acceptors (Lipinski definition) is 2. The van der Waals surface area contributed by atoms with Gasteiger partial charge >= 0.3 is 0 Å². The highest BCUT2D eigenvalue weighted by Gasteiger charge is 1.95. The van der Waals surface area contributed by atoms with Crippen molar-refractivity contribution in [1.29, 1.82) is 0 Å². The Morgan fingerprint density at radius 1 is 1.70 bits per heavy atom. The zero-order valence-electron chi connectivity index (χ0n) is 5.54. The summed E-state index contributed by atoms with van der Waals surface area (Å²) in [6, 6.07) is 3.77. The lowest BCUT2D eigenvalue weighted by Gasteiger charge is -1.92. The van der Waals surface area contributed by atoms with Crippen molar-refractivity contribution < 1.29 is 4.42 Å². The van der Waals surface area contributed by atoms with Crippen LogP contribution in [0.1, 0.15) is 12.2 Å². The van der Waals surface area contributed by atoms with Gasteiger partial charge in [-0.3, -0.25) is 0 Å². The van der Waals surface area contributed by atoms with Gasteiger partial charge in [0.2, 0.25) is 0 Å². The molecule has 0 saturated heterocycles. The summed E-state index contributed by atoms with van der Waals surface area (Å²) in [6.45, 7) is 0. The fraction of sp³-hybridized carbons (Fsp3) is 0.286. The van der Waals surface area contributed by atoms with Crippen LogP contribution in [-0.4, -0.2) is 4.99 Å². The van der Waals surface area contributed by atoms with Gasteiger partial charge in [-0.25, -0.2) is 0 Å². The van der Waals surface area contributed by atoms with Crippen LogP contribution in [0.2, 0.25) is 0 Å². The summed E-state index contributed by atoms with van der Waals surface area (Å²) in [5.41, 5.74) is 5.30. The molecular formula is C7H9NOS. The molecule has 0 bridgehead atoms. The number of rotatable bonds is 3. The molecule has 0 atom stereocenters. The molecule has 0 aliphatic rings. The zero-order chi connectivity index (χ0) is 7.40. The van der Waals surface area contributed by atoms with Crippen LogP contribution >= 0.6 is 12.2 Å². The maximum Gasteiger partial charge on any atom is 0.104 e.